The lowest BCUT2D eigenvalue weighted by molar-refractivity contribution is 0.102. The van der Waals surface area contributed by atoms with Gasteiger partial charge in [-0.2, -0.15) is 0 Å². The first-order valence-corrected chi connectivity index (χ1v) is 10.9. The fraction of sp³-hybridized carbons (Fsp3) is 0.136. The second kappa shape index (κ2) is 8.27. The van der Waals surface area contributed by atoms with Gasteiger partial charge in [0.1, 0.15) is 19.0 Å². The highest BCUT2D eigenvalue weighted by Crippen LogP contribution is 2.32. The Bertz CT molecular complexity index is 1240. The zero-order chi connectivity index (χ0) is 22.0. The van der Waals surface area contributed by atoms with Gasteiger partial charge in [0.2, 0.25) is 0 Å². The van der Waals surface area contributed by atoms with Gasteiger partial charge in [0, 0.05) is 23.0 Å². The van der Waals surface area contributed by atoms with Gasteiger partial charge >= 0.3 is 0 Å². The van der Waals surface area contributed by atoms with Crippen LogP contribution in [-0.4, -0.2) is 27.5 Å². The first-order valence-electron chi connectivity index (χ1n) is 9.42. The predicted octanol–water partition coefficient (Wildman–Crippen LogP) is 3.96. The molecule has 1 heterocycles. The van der Waals surface area contributed by atoms with Gasteiger partial charge in [-0.15, -0.1) is 0 Å². The van der Waals surface area contributed by atoms with Crippen molar-refractivity contribution in [3.63, 3.8) is 0 Å². The Kier molecular flexibility index (Phi) is 5.51. The fourth-order valence-corrected chi connectivity index (χ4v) is 4.09. The van der Waals surface area contributed by atoms with Crippen LogP contribution in [0.2, 0.25) is 0 Å². The number of hydrogen-bond acceptors (Lipinski definition) is 5. The van der Waals surface area contributed by atoms with Crippen LogP contribution in [0.5, 0.6) is 11.5 Å². The number of sulfonamides is 1. The number of aryl methyl sites for hydroxylation is 1. The van der Waals surface area contributed by atoms with E-state index in [1.54, 1.807) is 19.1 Å². The van der Waals surface area contributed by atoms with Crippen molar-refractivity contribution < 1.29 is 27.1 Å². The molecule has 0 bridgehead atoms. The molecule has 9 heteroatoms. The molecule has 1 aliphatic rings. The lowest BCUT2D eigenvalue weighted by atomic mass is 10.1. The van der Waals surface area contributed by atoms with Crippen molar-refractivity contribution in [2.45, 2.75) is 11.8 Å². The molecule has 4 rings (SSSR count). The summed E-state index contributed by atoms with van der Waals surface area (Å²) in [5.74, 6) is -0.0253. The number of hydrogen-bond donors (Lipinski definition) is 2. The van der Waals surface area contributed by atoms with E-state index in [1.165, 1.54) is 48.5 Å². The van der Waals surface area contributed by atoms with E-state index >= 15 is 0 Å². The maximum atomic E-state index is 13.4. The third-order valence-electron chi connectivity index (χ3n) is 4.67. The number of fused-ring (bicyclic) bond motifs is 1. The summed E-state index contributed by atoms with van der Waals surface area (Å²) in [5, 5.41) is 2.65. The molecule has 0 atom stereocenters. The number of carbonyl (C=O) groups excluding carboxylic acids is 1. The third kappa shape index (κ3) is 4.61. The van der Waals surface area contributed by atoms with Gasteiger partial charge in [0.15, 0.2) is 11.5 Å². The summed E-state index contributed by atoms with van der Waals surface area (Å²) in [7, 11) is -3.87. The van der Waals surface area contributed by atoms with E-state index in [9.17, 15) is 17.6 Å². The number of amides is 1. The molecule has 7 nitrogen and oxygen atoms in total. The van der Waals surface area contributed by atoms with Crippen molar-refractivity contribution >= 4 is 27.3 Å². The zero-order valence-corrected chi connectivity index (χ0v) is 17.3. The summed E-state index contributed by atoms with van der Waals surface area (Å²) >= 11 is 0. The highest BCUT2D eigenvalue weighted by atomic mass is 32.2. The first-order chi connectivity index (χ1) is 14.8. The Balaban J connectivity index is 1.48. The lowest BCUT2D eigenvalue weighted by Gasteiger charge is -2.19. The molecule has 1 aliphatic heterocycles. The minimum Gasteiger partial charge on any atom is -0.486 e. The third-order valence-corrected chi connectivity index (χ3v) is 6.05. The Morgan fingerprint density at radius 2 is 1.65 bits per heavy atom. The average molecular weight is 442 g/mol. The largest absolute Gasteiger partial charge is 0.486 e. The Hall–Kier alpha value is -3.59. The zero-order valence-electron chi connectivity index (χ0n) is 16.5. The van der Waals surface area contributed by atoms with E-state index in [4.69, 9.17) is 9.47 Å². The van der Waals surface area contributed by atoms with Gasteiger partial charge in [-0.3, -0.25) is 9.52 Å². The van der Waals surface area contributed by atoms with Crippen LogP contribution in [0.4, 0.5) is 15.8 Å². The van der Waals surface area contributed by atoms with Crippen LogP contribution in [0, 0.1) is 12.7 Å². The minimum atomic E-state index is -3.87. The Morgan fingerprint density at radius 3 is 2.39 bits per heavy atom. The van der Waals surface area contributed by atoms with Crippen LogP contribution in [0.15, 0.2) is 65.6 Å². The summed E-state index contributed by atoms with van der Waals surface area (Å²) in [6.45, 7) is 2.52. The molecular weight excluding hydrogens is 423 g/mol. The van der Waals surface area contributed by atoms with Crippen molar-refractivity contribution in [1.82, 2.24) is 0 Å². The van der Waals surface area contributed by atoms with E-state index in [0.717, 1.165) is 5.56 Å². The number of carbonyl (C=O) groups is 1. The summed E-state index contributed by atoms with van der Waals surface area (Å²) < 4.78 is 52.1. The number of nitrogens with one attached hydrogen (secondary N) is 2. The maximum absolute atomic E-state index is 13.4. The number of halogens is 1. The fourth-order valence-electron chi connectivity index (χ4n) is 3.02. The molecule has 2 N–H and O–H groups in total. The van der Waals surface area contributed by atoms with Crippen LogP contribution in [-0.2, 0) is 10.0 Å². The molecule has 0 spiro atoms. The van der Waals surface area contributed by atoms with Crippen LogP contribution in [0.1, 0.15) is 15.9 Å². The SMILES string of the molecule is Cc1ccc(F)cc1NC(=O)c1ccc(NS(=O)(=O)c2ccc3c(c2)OCCO3)cc1. The Labute approximate surface area is 178 Å². The summed E-state index contributed by atoms with van der Waals surface area (Å²) in [6.07, 6.45) is 0. The standard InChI is InChI=1S/C22H19FN2O5S/c1-14-2-5-16(23)12-19(14)24-22(26)15-3-6-17(7-4-15)25-31(27,28)18-8-9-20-21(13-18)30-11-10-29-20/h2-9,12-13,25H,10-11H2,1H3,(H,24,26). The van der Waals surface area contributed by atoms with Crippen LogP contribution in [0.3, 0.4) is 0 Å². The molecule has 0 saturated heterocycles. The summed E-state index contributed by atoms with van der Waals surface area (Å²) in [4.78, 5) is 12.5. The number of benzene rings is 3. The topological polar surface area (TPSA) is 93.7 Å². The molecular formula is C22H19FN2O5S. The van der Waals surface area contributed by atoms with Crippen LogP contribution < -0.4 is 19.5 Å². The maximum Gasteiger partial charge on any atom is 0.262 e. The highest BCUT2D eigenvalue weighted by molar-refractivity contribution is 7.92. The number of anilines is 2. The van der Waals surface area contributed by atoms with Gasteiger partial charge in [-0.1, -0.05) is 6.07 Å². The average Bonchev–Trinajstić information content (AvgIpc) is 2.76. The quantitative estimate of drug-likeness (QED) is 0.624. The van der Waals surface area contributed by atoms with Crippen LogP contribution in [0.25, 0.3) is 0 Å². The van der Waals surface area contributed by atoms with E-state index in [1.807, 2.05) is 0 Å². The molecule has 1 amide bonds. The second-order valence-electron chi connectivity index (χ2n) is 6.90. The molecule has 0 aromatic heterocycles. The second-order valence-corrected chi connectivity index (χ2v) is 8.58. The lowest BCUT2D eigenvalue weighted by Crippen LogP contribution is -2.17. The van der Waals surface area contributed by atoms with E-state index in [2.05, 4.69) is 10.0 Å². The molecule has 0 unspecified atom stereocenters. The number of rotatable bonds is 5. The molecule has 0 aliphatic carbocycles. The minimum absolute atomic E-state index is 0.0279. The molecule has 3 aromatic carbocycles. The molecule has 0 saturated carbocycles. The molecule has 160 valence electrons. The smallest absolute Gasteiger partial charge is 0.262 e. The van der Waals surface area contributed by atoms with E-state index in [-0.39, 0.29) is 10.6 Å². The molecule has 0 fully saturated rings. The molecule has 31 heavy (non-hydrogen) atoms. The van der Waals surface area contributed by atoms with E-state index < -0.39 is 21.7 Å². The monoisotopic (exact) mass is 442 g/mol. The van der Waals surface area contributed by atoms with Gasteiger partial charge in [-0.25, -0.2) is 12.8 Å². The van der Waals surface area contributed by atoms with Gasteiger partial charge < -0.3 is 14.8 Å². The predicted molar refractivity (Wildman–Crippen MR) is 114 cm³/mol. The first kappa shape index (κ1) is 20.7. The normalized spacial score (nSPS) is 12.8. The van der Waals surface area contributed by atoms with Crippen LogP contribution >= 0.6 is 0 Å². The van der Waals surface area contributed by atoms with Crippen molar-refractivity contribution in [1.29, 1.82) is 0 Å². The van der Waals surface area contributed by atoms with Crippen molar-refractivity contribution in [3.05, 3.63) is 77.6 Å². The summed E-state index contributed by atoms with van der Waals surface area (Å²) in [5.41, 5.74) is 1.67. The van der Waals surface area contributed by atoms with Crippen molar-refractivity contribution in [2.75, 3.05) is 23.3 Å². The highest BCUT2D eigenvalue weighted by Gasteiger charge is 2.20. The summed E-state index contributed by atoms with van der Waals surface area (Å²) in [6, 6.07) is 14.4. The molecule has 0 radical (unpaired) electrons. The van der Waals surface area contributed by atoms with E-state index in [0.29, 0.717) is 36.0 Å². The van der Waals surface area contributed by atoms with Gasteiger partial charge in [0.25, 0.3) is 15.9 Å². The van der Waals surface area contributed by atoms with Crippen molar-refractivity contribution in [3.8, 4) is 11.5 Å². The van der Waals surface area contributed by atoms with Gasteiger partial charge in [0.05, 0.1) is 4.90 Å². The van der Waals surface area contributed by atoms with Crippen molar-refractivity contribution in [2.24, 2.45) is 0 Å². The number of ether oxygens (including phenoxy) is 2. The van der Waals surface area contributed by atoms with Gasteiger partial charge in [-0.05, 0) is 61.0 Å². The molecule has 3 aromatic rings. The Morgan fingerprint density at radius 1 is 0.935 bits per heavy atom.